The molecule has 1 unspecified atom stereocenters. The number of benzene rings is 1. The fourth-order valence-corrected chi connectivity index (χ4v) is 3.54. The normalized spacial score (nSPS) is 17.6. The van der Waals surface area contributed by atoms with Crippen LogP contribution in [0.3, 0.4) is 0 Å². The molecule has 1 atom stereocenters. The van der Waals surface area contributed by atoms with Gasteiger partial charge in [-0.1, -0.05) is 18.2 Å². The van der Waals surface area contributed by atoms with E-state index in [-0.39, 0.29) is 0 Å². The van der Waals surface area contributed by atoms with E-state index >= 15 is 0 Å². The van der Waals surface area contributed by atoms with Gasteiger partial charge in [0.1, 0.15) is 11.3 Å². The molecule has 1 aromatic carbocycles. The van der Waals surface area contributed by atoms with Crippen LogP contribution in [0, 0.1) is 0 Å². The molecule has 5 rings (SSSR count). The molecule has 0 radical (unpaired) electrons. The molecular formula is C21H21N3O3. The molecule has 1 saturated heterocycles. The van der Waals surface area contributed by atoms with Gasteiger partial charge >= 0.3 is 0 Å². The van der Waals surface area contributed by atoms with E-state index in [9.17, 15) is 0 Å². The van der Waals surface area contributed by atoms with Crippen LogP contribution in [0.2, 0.25) is 0 Å². The van der Waals surface area contributed by atoms with Gasteiger partial charge in [-0.3, -0.25) is 0 Å². The molecule has 27 heavy (non-hydrogen) atoms. The van der Waals surface area contributed by atoms with Crippen LogP contribution in [0.1, 0.15) is 25.7 Å². The van der Waals surface area contributed by atoms with Gasteiger partial charge < -0.3 is 13.9 Å². The van der Waals surface area contributed by atoms with E-state index in [4.69, 9.17) is 13.9 Å². The van der Waals surface area contributed by atoms with Crippen LogP contribution >= 0.6 is 0 Å². The molecule has 3 aromatic heterocycles. The van der Waals surface area contributed by atoms with Gasteiger partial charge in [0.25, 0.3) is 0 Å². The lowest BCUT2D eigenvalue weighted by Crippen LogP contribution is -2.21. The zero-order chi connectivity index (χ0) is 18.1. The number of ether oxygens (including phenoxy) is 2. The molecule has 1 aliphatic heterocycles. The minimum Gasteiger partial charge on any atom is -0.477 e. The van der Waals surface area contributed by atoms with Crippen molar-refractivity contribution in [3.8, 4) is 17.3 Å². The van der Waals surface area contributed by atoms with E-state index in [1.807, 2.05) is 42.5 Å². The maximum absolute atomic E-state index is 5.96. The van der Waals surface area contributed by atoms with Gasteiger partial charge in [0.2, 0.25) is 5.88 Å². The number of nitrogens with zero attached hydrogens (tertiary/aromatic N) is 3. The second-order valence-corrected chi connectivity index (χ2v) is 6.86. The third-order valence-corrected chi connectivity index (χ3v) is 4.98. The second kappa shape index (κ2) is 7.04. The van der Waals surface area contributed by atoms with Crippen LogP contribution in [-0.4, -0.2) is 33.9 Å². The first kappa shape index (κ1) is 16.3. The average molecular weight is 363 g/mol. The lowest BCUT2D eigenvalue weighted by atomic mass is 10.1. The first-order chi connectivity index (χ1) is 13.4. The summed E-state index contributed by atoms with van der Waals surface area (Å²) in [5.74, 6) is 1.32. The zero-order valence-electron chi connectivity index (χ0n) is 15.0. The first-order valence-corrected chi connectivity index (χ1v) is 9.45. The van der Waals surface area contributed by atoms with E-state index in [0.29, 0.717) is 18.6 Å². The molecule has 0 amide bonds. The van der Waals surface area contributed by atoms with E-state index < -0.39 is 0 Å². The van der Waals surface area contributed by atoms with Crippen molar-refractivity contribution in [2.24, 2.45) is 0 Å². The third kappa shape index (κ3) is 3.28. The van der Waals surface area contributed by atoms with Crippen LogP contribution < -0.4 is 4.74 Å². The Morgan fingerprint density at radius 1 is 1.15 bits per heavy atom. The van der Waals surface area contributed by atoms with Crippen LogP contribution in [-0.2, 0) is 4.74 Å². The second-order valence-electron chi connectivity index (χ2n) is 6.86. The topological polar surface area (TPSA) is 61.8 Å². The summed E-state index contributed by atoms with van der Waals surface area (Å²) in [7, 11) is 0. The number of furan rings is 1. The van der Waals surface area contributed by atoms with Crippen molar-refractivity contribution < 1.29 is 13.9 Å². The summed E-state index contributed by atoms with van der Waals surface area (Å²) in [5.41, 5.74) is 2.41. The molecule has 0 spiro atoms. The highest BCUT2D eigenvalue weighted by atomic mass is 16.5. The minimum absolute atomic E-state index is 0.307. The molecule has 0 saturated carbocycles. The average Bonchev–Trinajstić information content (AvgIpc) is 3.32. The van der Waals surface area contributed by atoms with Crippen LogP contribution in [0.25, 0.3) is 28.1 Å². The van der Waals surface area contributed by atoms with Crippen LogP contribution in [0.4, 0.5) is 0 Å². The predicted octanol–water partition coefficient (Wildman–Crippen LogP) is 4.48. The van der Waals surface area contributed by atoms with Crippen molar-refractivity contribution in [2.75, 3.05) is 13.2 Å². The standard InChI is InChI=1S/C21H21N3O3/c1-2-7-18-15(5-1)13-19(27-18)17-14-22-20-8-9-21(23-24(17)20)26-12-10-16-6-3-4-11-25-16/h1-2,5,7-9,13-14,16H,3-4,6,10-12H2. The summed E-state index contributed by atoms with van der Waals surface area (Å²) in [6, 6.07) is 13.7. The van der Waals surface area contributed by atoms with Gasteiger partial charge in [0, 0.05) is 24.5 Å². The Balaban J connectivity index is 1.37. The highest BCUT2D eigenvalue weighted by molar-refractivity contribution is 5.82. The Kier molecular flexibility index (Phi) is 4.26. The Morgan fingerprint density at radius 2 is 2.11 bits per heavy atom. The SMILES string of the molecule is c1ccc2oc(-c3cnc4ccc(OCCC5CCCCO5)nn34)cc2c1. The molecule has 6 nitrogen and oxygen atoms in total. The first-order valence-electron chi connectivity index (χ1n) is 9.45. The van der Waals surface area contributed by atoms with Crippen molar-refractivity contribution in [1.82, 2.24) is 14.6 Å². The fourth-order valence-electron chi connectivity index (χ4n) is 3.54. The van der Waals surface area contributed by atoms with Gasteiger partial charge in [-0.2, -0.15) is 0 Å². The van der Waals surface area contributed by atoms with Crippen molar-refractivity contribution in [1.29, 1.82) is 0 Å². The van der Waals surface area contributed by atoms with Crippen molar-refractivity contribution in [2.45, 2.75) is 31.8 Å². The summed E-state index contributed by atoms with van der Waals surface area (Å²) < 4.78 is 19.3. The van der Waals surface area contributed by atoms with Gasteiger partial charge in [-0.05, 0) is 37.5 Å². The lowest BCUT2D eigenvalue weighted by Gasteiger charge is -2.22. The van der Waals surface area contributed by atoms with E-state index in [0.717, 1.165) is 47.5 Å². The highest BCUT2D eigenvalue weighted by Gasteiger charge is 2.15. The number of aromatic nitrogens is 3. The molecule has 138 valence electrons. The Labute approximate surface area is 156 Å². The highest BCUT2D eigenvalue weighted by Crippen LogP contribution is 2.28. The summed E-state index contributed by atoms with van der Waals surface area (Å²) in [6.45, 7) is 1.46. The number of hydrogen-bond donors (Lipinski definition) is 0. The number of imidazole rings is 1. The van der Waals surface area contributed by atoms with E-state index in [1.54, 1.807) is 10.7 Å². The van der Waals surface area contributed by atoms with Crippen molar-refractivity contribution in [3.63, 3.8) is 0 Å². The Morgan fingerprint density at radius 3 is 3.00 bits per heavy atom. The van der Waals surface area contributed by atoms with Crippen molar-refractivity contribution >= 4 is 16.6 Å². The number of fused-ring (bicyclic) bond motifs is 2. The summed E-state index contributed by atoms with van der Waals surface area (Å²) in [4.78, 5) is 4.42. The molecule has 4 heterocycles. The number of rotatable bonds is 5. The molecule has 0 N–H and O–H groups in total. The number of hydrogen-bond acceptors (Lipinski definition) is 5. The molecule has 0 bridgehead atoms. The largest absolute Gasteiger partial charge is 0.477 e. The van der Waals surface area contributed by atoms with Gasteiger partial charge in [0.15, 0.2) is 11.4 Å². The quantitative estimate of drug-likeness (QED) is 0.523. The fraction of sp³-hybridized carbons (Fsp3) is 0.333. The van der Waals surface area contributed by atoms with Crippen molar-refractivity contribution in [3.05, 3.63) is 48.7 Å². The smallest absolute Gasteiger partial charge is 0.231 e. The van der Waals surface area contributed by atoms with Gasteiger partial charge in [-0.25, -0.2) is 9.50 Å². The summed E-state index contributed by atoms with van der Waals surface area (Å²) >= 11 is 0. The molecule has 0 aliphatic carbocycles. The monoisotopic (exact) mass is 363 g/mol. The predicted molar refractivity (Wildman–Crippen MR) is 102 cm³/mol. The van der Waals surface area contributed by atoms with Gasteiger partial charge in [0.05, 0.1) is 18.9 Å². The maximum Gasteiger partial charge on any atom is 0.231 e. The van der Waals surface area contributed by atoms with Crippen LogP contribution in [0.5, 0.6) is 5.88 Å². The van der Waals surface area contributed by atoms with E-state index in [2.05, 4.69) is 10.1 Å². The summed E-state index contributed by atoms with van der Waals surface area (Å²) in [6.07, 6.45) is 6.50. The molecule has 1 fully saturated rings. The molecule has 6 heteroatoms. The molecule has 1 aliphatic rings. The lowest BCUT2D eigenvalue weighted by molar-refractivity contribution is 0.00371. The maximum atomic E-state index is 5.96. The Bertz CT molecular complexity index is 1030. The zero-order valence-corrected chi connectivity index (χ0v) is 15.0. The molecule has 4 aromatic rings. The third-order valence-electron chi connectivity index (χ3n) is 4.98. The van der Waals surface area contributed by atoms with Crippen LogP contribution in [0.15, 0.2) is 53.1 Å². The van der Waals surface area contributed by atoms with Gasteiger partial charge in [-0.15, -0.1) is 5.10 Å². The number of para-hydroxylation sites is 1. The minimum atomic E-state index is 0.307. The summed E-state index contributed by atoms with van der Waals surface area (Å²) in [5, 5.41) is 5.65. The molecular weight excluding hydrogens is 342 g/mol. The Hall–Kier alpha value is -2.86. The van der Waals surface area contributed by atoms with E-state index in [1.165, 1.54) is 12.8 Å².